The molecule has 0 aliphatic heterocycles. The standard InChI is InChI=1S/C13H20O/c1-8(14)11-6-12(11)13(2)7-9-3-4-10(13)5-9/h9-12H,3-7H2,1-2H3/t9?,10?,11?,12-,13?/m0/s1. The summed E-state index contributed by atoms with van der Waals surface area (Å²) >= 11 is 0. The number of ketones is 1. The fourth-order valence-electron chi connectivity index (χ4n) is 4.48. The van der Waals surface area contributed by atoms with Gasteiger partial charge in [0.1, 0.15) is 5.78 Å². The van der Waals surface area contributed by atoms with Gasteiger partial charge in [0, 0.05) is 5.92 Å². The third kappa shape index (κ3) is 1.04. The molecule has 5 atom stereocenters. The molecule has 2 bridgehead atoms. The highest BCUT2D eigenvalue weighted by molar-refractivity contribution is 5.81. The van der Waals surface area contributed by atoms with E-state index in [1.807, 2.05) is 0 Å². The largest absolute Gasteiger partial charge is 0.300 e. The Morgan fingerprint density at radius 3 is 2.50 bits per heavy atom. The number of rotatable bonds is 2. The van der Waals surface area contributed by atoms with E-state index in [4.69, 9.17) is 0 Å². The average Bonchev–Trinajstić information content (AvgIpc) is 2.74. The van der Waals surface area contributed by atoms with Crippen molar-refractivity contribution in [3.8, 4) is 0 Å². The van der Waals surface area contributed by atoms with Gasteiger partial charge in [0.2, 0.25) is 0 Å². The van der Waals surface area contributed by atoms with E-state index in [9.17, 15) is 4.79 Å². The summed E-state index contributed by atoms with van der Waals surface area (Å²) in [5.74, 6) is 3.62. The Labute approximate surface area is 86.3 Å². The van der Waals surface area contributed by atoms with E-state index in [1.54, 1.807) is 6.92 Å². The molecule has 0 aromatic heterocycles. The number of carbonyl (C=O) groups is 1. The van der Waals surface area contributed by atoms with E-state index in [2.05, 4.69) is 6.92 Å². The molecule has 0 spiro atoms. The average molecular weight is 192 g/mol. The van der Waals surface area contributed by atoms with Crippen molar-refractivity contribution in [2.24, 2.45) is 29.1 Å². The number of fused-ring (bicyclic) bond motifs is 2. The molecule has 1 nitrogen and oxygen atoms in total. The zero-order valence-electron chi connectivity index (χ0n) is 9.25. The number of Topliss-reactive ketones (excluding diaryl/α,β-unsaturated/α-hetero) is 1. The van der Waals surface area contributed by atoms with Crippen LogP contribution < -0.4 is 0 Å². The molecule has 0 saturated heterocycles. The number of hydrogen-bond donors (Lipinski definition) is 0. The van der Waals surface area contributed by atoms with Crippen molar-refractivity contribution in [1.82, 2.24) is 0 Å². The highest BCUT2D eigenvalue weighted by Gasteiger charge is 2.59. The van der Waals surface area contributed by atoms with Gasteiger partial charge in [-0.25, -0.2) is 0 Å². The second-order valence-corrected chi connectivity index (χ2v) is 6.15. The Balaban J connectivity index is 1.77. The molecule has 4 unspecified atom stereocenters. The highest BCUT2D eigenvalue weighted by Crippen LogP contribution is 2.66. The molecule has 0 heterocycles. The van der Waals surface area contributed by atoms with Crippen LogP contribution in [0.25, 0.3) is 0 Å². The topological polar surface area (TPSA) is 17.1 Å². The molecule has 3 aliphatic carbocycles. The van der Waals surface area contributed by atoms with Crippen LogP contribution in [0.15, 0.2) is 0 Å². The SMILES string of the molecule is CC(=O)C1C[C@@H]1C1(C)CC2CCC1C2. The quantitative estimate of drug-likeness (QED) is 0.657. The van der Waals surface area contributed by atoms with E-state index >= 15 is 0 Å². The van der Waals surface area contributed by atoms with Crippen LogP contribution in [0.4, 0.5) is 0 Å². The Kier molecular flexibility index (Phi) is 1.67. The maximum Gasteiger partial charge on any atom is 0.133 e. The molecule has 0 amide bonds. The Bertz CT molecular complexity index is 283. The molecule has 78 valence electrons. The third-order valence-corrected chi connectivity index (χ3v) is 5.36. The van der Waals surface area contributed by atoms with E-state index in [-0.39, 0.29) is 0 Å². The molecule has 1 heteroatoms. The maximum atomic E-state index is 11.3. The van der Waals surface area contributed by atoms with Crippen molar-refractivity contribution >= 4 is 5.78 Å². The predicted octanol–water partition coefficient (Wildman–Crippen LogP) is 3.04. The number of carbonyl (C=O) groups excluding carboxylic acids is 1. The molecule has 3 fully saturated rings. The van der Waals surface area contributed by atoms with Gasteiger partial charge in [0.15, 0.2) is 0 Å². The molecule has 0 N–H and O–H groups in total. The molecule has 0 radical (unpaired) electrons. The van der Waals surface area contributed by atoms with E-state index in [0.29, 0.717) is 17.1 Å². The van der Waals surface area contributed by atoms with Gasteiger partial charge in [-0.1, -0.05) is 13.3 Å². The van der Waals surface area contributed by atoms with Gasteiger partial charge in [-0.3, -0.25) is 4.79 Å². The van der Waals surface area contributed by atoms with Gasteiger partial charge in [0.25, 0.3) is 0 Å². The molecule has 3 saturated carbocycles. The normalized spacial score (nSPS) is 55.0. The summed E-state index contributed by atoms with van der Waals surface area (Å²) in [6.07, 6.45) is 7.01. The lowest BCUT2D eigenvalue weighted by atomic mass is 9.70. The van der Waals surface area contributed by atoms with E-state index < -0.39 is 0 Å². The fraction of sp³-hybridized carbons (Fsp3) is 0.923. The molecular formula is C13H20O. The van der Waals surface area contributed by atoms with Crippen molar-refractivity contribution in [3.05, 3.63) is 0 Å². The summed E-state index contributed by atoms with van der Waals surface area (Å²) in [6, 6.07) is 0. The van der Waals surface area contributed by atoms with Crippen LogP contribution in [0.3, 0.4) is 0 Å². The Morgan fingerprint density at radius 2 is 2.07 bits per heavy atom. The minimum atomic E-state index is 0.444. The van der Waals surface area contributed by atoms with Crippen molar-refractivity contribution in [2.45, 2.75) is 46.0 Å². The highest BCUT2D eigenvalue weighted by atomic mass is 16.1. The minimum absolute atomic E-state index is 0.444. The summed E-state index contributed by atoms with van der Waals surface area (Å²) in [6.45, 7) is 4.24. The first-order valence-electron chi connectivity index (χ1n) is 6.11. The van der Waals surface area contributed by atoms with Crippen LogP contribution in [-0.4, -0.2) is 5.78 Å². The first-order chi connectivity index (χ1) is 6.61. The fourth-order valence-corrected chi connectivity index (χ4v) is 4.48. The van der Waals surface area contributed by atoms with Crippen LogP contribution in [0.5, 0.6) is 0 Å². The zero-order valence-corrected chi connectivity index (χ0v) is 9.25. The van der Waals surface area contributed by atoms with Gasteiger partial charge >= 0.3 is 0 Å². The predicted molar refractivity (Wildman–Crippen MR) is 55.8 cm³/mol. The Hall–Kier alpha value is -0.330. The monoisotopic (exact) mass is 192 g/mol. The lowest BCUT2D eigenvalue weighted by Gasteiger charge is -2.34. The Morgan fingerprint density at radius 1 is 1.29 bits per heavy atom. The molecule has 14 heavy (non-hydrogen) atoms. The first-order valence-corrected chi connectivity index (χ1v) is 6.11. The summed E-state index contributed by atoms with van der Waals surface area (Å²) < 4.78 is 0. The number of hydrogen-bond acceptors (Lipinski definition) is 1. The van der Waals surface area contributed by atoms with Gasteiger partial charge in [-0.2, -0.15) is 0 Å². The van der Waals surface area contributed by atoms with Crippen molar-refractivity contribution in [2.75, 3.05) is 0 Å². The smallest absolute Gasteiger partial charge is 0.133 e. The third-order valence-electron chi connectivity index (χ3n) is 5.36. The molecule has 0 aromatic carbocycles. The molecule has 3 rings (SSSR count). The van der Waals surface area contributed by atoms with Crippen molar-refractivity contribution in [3.63, 3.8) is 0 Å². The van der Waals surface area contributed by atoms with Crippen LogP contribution in [-0.2, 0) is 4.79 Å². The van der Waals surface area contributed by atoms with Crippen LogP contribution in [0.1, 0.15) is 46.0 Å². The van der Waals surface area contributed by atoms with E-state index in [1.165, 1.54) is 32.1 Å². The second kappa shape index (κ2) is 2.62. The van der Waals surface area contributed by atoms with Crippen LogP contribution >= 0.6 is 0 Å². The van der Waals surface area contributed by atoms with Crippen molar-refractivity contribution in [1.29, 1.82) is 0 Å². The first kappa shape index (κ1) is 8.94. The van der Waals surface area contributed by atoms with E-state index in [0.717, 1.165) is 17.8 Å². The van der Waals surface area contributed by atoms with Gasteiger partial charge in [0.05, 0.1) is 0 Å². The van der Waals surface area contributed by atoms with Crippen LogP contribution in [0.2, 0.25) is 0 Å². The molecule has 0 aromatic rings. The minimum Gasteiger partial charge on any atom is -0.300 e. The van der Waals surface area contributed by atoms with Gasteiger partial charge < -0.3 is 0 Å². The lowest BCUT2D eigenvalue weighted by Crippen LogP contribution is -2.27. The lowest BCUT2D eigenvalue weighted by molar-refractivity contribution is -0.119. The molecular weight excluding hydrogens is 172 g/mol. The maximum absolute atomic E-state index is 11.3. The van der Waals surface area contributed by atoms with Crippen molar-refractivity contribution < 1.29 is 4.79 Å². The summed E-state index contributed by atoms with van der Waals surface area (Å²) in [7, 11) is 0. The zero-order chi connectivity index (χ0) is 9.92. The van der Waals surface area contributed by atoms with Gasteiger partial charge in [-0.05, 0) is 55.8 Å². The molecule has 3 aliphatic rings. The second-order valence-electron chi connectivity index (χ2n) is 6.15. The van der Waals surface area contributed by atoms with Crippen LogP contribution in [0, 0.1) is 29.1 Å². The summed E-state index contributed by atoms with van der Waals surface area (Å²) in [5, 5.41) is 0. The summed E-state index contributed by atoms with van der Waals surface area (Å²) in [5.41, 5.74) is 0.555. The van der Waals surface area contributed by atoms with Gasteiger partial charge in [-0.15, -0.1) is 0 Å². The summed E-state index contributed by atoms with van der Waals surface area (Å²) in [4.78, 5) is 11.3.